The number of anilines is 1. The number of hydrogen-bond donors (Lipinski definition) is 3. The summed E-state index contributed by atoms with van der Waals surface area (Å²) in [5, 5.41) is 6.15. The van der Waals surface area contributed by atoms with Gasteiger partial charge in [-0.05, 0) is 48.0 Å². The van der Waals surface area contributed by atoms with Crippen molar-refractivity contribution in [1.29, 1.82) is 0 Å². The van der Waals surface area contributed by atoms with Crippen LogP contribution in [-0.4, -0.2) is 23.8 Å². The van der Waals surface area contributed by atoms with Crippen molar-refractivity contribution in [2.24, 2.45) is 5.73 Å². The minimum absolute atomic E-state index is 0.0873. The summed E-state index contributed by atoms with van der Waals surface area (Å²) in [7, 11) is 0. The average molecular weight is 456 g/mol. The Morgan fingerprint density at radius 1 is 0.903 bits per heavy atom. The van der Waals surface area contributed by atoms with Crippen molar-refractivity contribution in [2.45, 2.75) is 12.5 Å². The van der Waals surface area contributed by atoms with Gasteiger partial charge in [-0.3, -0.25) is 14.4 Å². The minimum atomic E-state index is -0.877. The molecule has 4 N–H and O–H groups in total. The monoisotopic (exact) mass is 455 g/mol. The van der Waals surface area contributed by atoms with Gasteiger partial charge in [-0.25, -0.2) is 0 Å². The standard InChI is InChI=1S/C23H19Cl2N3O3/c24-16-8-6-15(7-9-16)22(30)28-20(12-14-4-2-1-3-5-14)23(31)27-17-10-11-19(25)18(13-17)21(26)29/h1-11,13,20H,12H2,(H2,26,29)(H,27,31)(H,28,30). The maximum Gasteiger partial charge on any atom is 0.251 e. The zero-order valence-electron chi connectivity index (χ0n) is 16.3. The number of nitrogens with one attached hydrogen (secondary N) is 2. The molecule has 0 saturated carbocycles. The molecule has 0 fully saturated rings. The highest BCUT2D eigenvalue weighted by Gasteiger charge is 2.22. The fourth-order valence-electron chi connectivity index (χ4n) is 2.92. The molecule has 0 aliphatic rings. The summed E-state index contributed by atoms with van der Waals surface area (Å²) < 4.78 is 0. The van der Waals surface area contributed by atoms with Crippen LogP contribution in [0.25, 0.3) is 0 Å². The number of carbonyl (C=O) groups excluding carboxylic acids is 3. The smallest absolute Gasteiger partial charge is 0.251 e. The van der Waals surface area contributed by atoms with Gasteiger partial charge in [0.1, 0.15) is 6.04 Å². The van der Waals surface area contributed by atoms with Crippen LogP contribution in [0, 0.1) is 0 Å². The normalized spacial score (nSPS) is 11.4. The third kappa shape index (κ3) is 6.07. The van der Waals surface area contributed by atoms with E-state index < -0.39 is 23.8 Å². The van der Waals surface area contributed by atoms with Crippen LogP contribution >= 0.6 is 23.2 Å². The molecule has 0 aliphatic heterocycles. The molecule has 0 aliphatic carbocycles. The second-order valence-corrected chi connectivity index (χ2v) is 7.61. The highest BCUT2D eigenvalue weighted by Crippen LogP contribution is 2.20. The van der Waals surface area contributed by atoms with Gasteiger partial charge < -0.3 is 16.4 Å². The highest BCUT2D eigenvalue weighted by molar-refractivity contribution is 6.34. The first kappa shape index (κ1) is 22.3. The first-order valence-electron chi connectivity index (χ1n) is 9.34. The van der Waals surface area contributed by atoms with Gasteiger partial charge in [0.15, 0.2) is 0 Å². The van der Waals surface area contributed by atoms with Gasteiger partial charge in [0.25, 0.3) is 5.91 Å². The number of amides is 3. The van der Waals surface area contributed by atoms with Crippen LogP contribution in [0.1, 0.15) is 26.3 Å². The predicted octanol–water partition coefficient (Wildman–Crippen LogP) is 4.07. The van der Waals surface area contributed by atoms with E-state index in [1.807, 2.05) is 30.3 Å². The van der Waals surface area contributed by atoms with Gasteiger partial charge in [0.2, 0.25) is 11.8 Å². The SMILES string of the molecule is NC(=O)c1cc(NC(=O)C(Cc2ccccc2)NC(=O)c2ccc(Cl)cc2)ccc1Cl. The molecule has 0 saturated heterocycles. The largest absolute Gasteiger partial charge is 0.366 e. The van der Waals surface area contributed by atoms with E-state index in [2.05, 4.69) is 10.6 Å². The summed E-state index contributed by atoms with van der Waals surface area (Å²) in [5.74, 6) is -1.58. The lowest BCUT2D eigenvalue weighted by atomic mass is 10.0. The van der Waals surface area contributed by atoms with Crippen LogP contribution in [0.5, 0.6) is 0 Å². The molecule has 1 unspecified atom stereocenters. The van der Waals surface area contributed by atoms with Crippen LogP contribution in [0.4, 0.5) is 5.69 Å². The Labute approximate surface area is 189 Å². The molecular formula is C23H19Cl2N3O3. The van der Waals surface area contributed by atoms with Crippen molar-refractivity contribution in [1.82, 2.24) is 5.32 Å². The summed E-state index contributed by atoms with van der Waals surface area (Å²) in [6.07, 6.45) is 0.266. The number of carbonyl (C=O) groups is 3. The second kappa shape index (κ2) is 10.1. The van der Waals surface area contributed by atoms with Crippen LogP contribution in [0.15, 0.2) is 72.8 Å². The molecule has 0 aromatic heterocycles. The number of nitrogens with two attached hydrogens (primary N) is 1. The van der Waals surface area contributed by atoms with E-state index >= 15 is 0 Å². The number of halogens is 2. The van der Waals surface area contributed by atoms with Crippen molar-refractivity contribution in [3.8, 4) is 0 Å². The summed E-state index contributed by atoms with van der Waals surface area (Å²) in [4.78, 5) is 37.2. The molecule has 158 valence electrons. The molecule has 0 bridgehead atoms. The summed E-state index contributed by atoms with van der Waals surface area (Å²) in [6.45, 7) is 0. The Bertz CT molecular complexity index is 1100. The maximum atomic E-state index is 13.0. The Morgan fingerprint density at radius 3 is 2.23 bits per heavy atom. The van der Waals surface area contributed by atoms with E-state index in [0.717, 1.165) is 5.56 Å². The Balaban J connectivity index is 1.82. The van der Waals surface area contributed by atoms with Crippen molar-refractivity contribution < 1.29 is 14.4 Å². The van der Waals surface area contributed by atoms with Gasteiger partial charge >= 0.3 is 0 Å². The van der Waals surface area contributed by atoms with Crippen LogP contribution in [0.3, 0.4) is 0 Å². The predicted molar refractivity (Wildman–Crippen MR) is 121 cm³/mol. The van der Waals surface area contributed by atoms with Gasteiger partial charge in [0, 0.05) is 22.7 Å². The molecule has 3 aromatic carbocycles. The zero-order chi connectivity index (χ0) is 22.4. The Hall–Kier alpha value is -3.35. The number of rotatable bonds is 7. The van der Waals surface area contributed by atoms with E-state index in [1.165, 1.54) is 12.1 Å². The van der Waals surface area contributed by atoms with E-state index in [0.29, 0.717) is 16.3 Å². The zero-order valence-corrected chi connectivity index (χ0v) is 17.8. The van der Waals surface area contributed by atoms with Gasteiger partial charge in [-0.2, -0.15) is 0 Å². The molecule has 1 atom stereocenters. The molecule has 0 radical (unpaired) electrons. The Kier molecular flexibility index (Phi) is 7.28. The van der Waals surface area contributed by atoms with E-state index in [4.69, 9.17) is 28.9 Å². The van der Waals surface area contributed by atoms with Crippen molar-refractivity contribution in [2.75, 3.05) is 5.32 Å². The van der Waals surface area contributed by atoms with Crippen molar-refractivity contribution >= 4 is 46.6 Å². The highest BCUT2D eigenvalue weighted by atomic mass is 35.5. The number of hydrogen-bond acceptors (Lipinski definition) is 3. The molecule has 3 rings (SSSR count). The fraction of sp³-hybridized carbons (Fsp3) is 0.0870. The topological polar surface area (TPSA) is 101 Å². The molecule has 0 spiro atoms. The van der Waals surface area contributed by atoms with Gasteiger partial charge in [0.05, 0.1) is 10.6 Å². The quantitative estimate of drug-likeness (QED) is 0.500. The molecule has 3 aromatic rings. The lowest BCUT2D eigenvalue weighted by Gasteiger charge is -2.19. The van der Waals surface area contributed by atoms with E-state index in [-0.39, 0.29) is 17.0 Å². The first-order valence-corrected chi connectivity index (χ1v) is 10.1. The van der Waals surface area contributed by atoms with Crippen molar-refractivity contribution in [3.63, 3.8) is 0 Å². The maximum absolute atomic E-state index is 13.0. The summed E-state index contributed by atoms with van der Waals surface area (Å²) in [5.41, 5.74) is 6.98. The molecule has 8 heteroatoms. The molecule has 3 amide bonds. The first-order chi connectivity index (χ1) is 14.8. The molecule has 31 heavy (non-hydrogen) atoms. The van der Waals surface area contributed by atoms with Gasteiger partial charge in [-0.1, -0.05) is 53.5 Å². The summed E-state index contributed by atoms with van der Waals surface area (Å²) >= 11 is 11.8. The van der Waals surface area contributed by atoms with Crippen LogP contribution in [-0.2, 0) is 11.2 Å². The van der Waals surface area contributed by atoms with E-state index in [9.17, 15) is 14.4 Å². The summed E-state index contributed by atoms with van der Waals surface area (Å²) in [6, 6.07) is 19.2. The van der Waals surface area contributed by atoms with E-state index in [1.54, 1.807) is 30.3 Å². The Morgan fingerprint density at radius 2 is 1.58 bits per heavy atom. The number of primary amides is 1. The molecular weight excluding hydrogens is 437 g/mol. The average Bonchev–Trinajstić information content (AvgIpc) is 2.75. The van der Waals surface area contributed by atoms with Crippen molar-refractivity contribution in [3.05, 3.63) is 99.5 Å². The third-order valence-electron chi connectivity index (χ3n) is 4.51. The van der Waals surface area contributed by atoms with Gasteiger partial charge in [-0.15, -0.1) is 0 Å². The number of benzene rings is 3. The fourth-order valence-corrected chi connectivity index (χ4v) is 3.26. The third-order valence-corrected chi connectivity index (χ3v) is 5.09. The lowest BCUT2D eigenvalue weighted by Crippen LogP contribution is -2.45. The van der Waals surface area contributed by atoms with Crippen LogP contribution < -0.4 is 16.4 Å². The second-order valence-electron chi connectivity index (χ2n) is 6.77. The van der Waals surface area contributed by atoms with Crippen LogP contribution in [0.2, 0.25) is 10.0 Å². The lowest BCUT2D eigenvalue weighted by molar-refractivity contribution is -0.118. The molecule has 0 heterocycles. The molecule has 6 nitrogen and oxygen atoms in total. The minimum Gasteiger partial charge on any atom is -0.366 e.